The Morgan fingerprint density at radius 1 is 1.15 bits per heavy atom. The first kappa shape index (κ1) is 18.6. The number of hydrogen-bond donors (Lipinski definition) is 2. The Bertz CT molecular complexity index is 1010. The molecule has 0 radical (unpaired) electrons. The summed E-state index contributed by atoms with van der Waals surface area (Å²) >= 11 is 0. The van der Waals surface area contributed by atoms with Crippen molar-refractivity contribution in [3.05, 3.63) is 65.0 Å². The number of aromatic nitrogens is 2. The number of carbonyl (C=O) groups excluding carboxylic acids is 1. The van der Waals surface area contributed by atoms with Gasteiger partial charge in [0.05, 0.1) is 24.6 Å². The van der Waals surface area contributed by atoms with Crippen LogP contribution in [0.4, 0.5) is 0 Å². The fraction of sp³-hybridized carbons (Fsp3) is 0.286. The van der Waals surface area contributed by atoms with Gasteiger partial charge in [0.2, 0.25) is 5.91 Å². The van der Waals surface area contributed by atoms with Gasteiger partial charge in [-0.3, -0.25) is 14.3 Å². The first-order chi connectivity index (χ1) is 12.8. The van der Waals surface area contributed by atoms with Crippen LogP contribution in [0.2, 0.25) is 0 Å². The number of hydrogen-bond acceptors (Lipinski definition) is 3. The van der Waals surface area contributed by atoms with Crippen molar-refractivity contribution in [2.45, 2.75) is 32.7 Å². The number of rotatable bonds is 6. The lowest BCUT2D eigenvalue weighted by atomic mass is 9.99. The monoisotopic (exact) mass is 365 g/mol. The minimum Gasteiger partial charge on any atom is -0.481 e. The number of nitrogens with zero attached hydrogens (tertiary/aromatic N) is 2. The number of carbonyl (C=O) groups is 2. The summed E-state index contributed by atoms with van der Waals surface area (Å²) in [4.78, 5) is 23.9. The predicted molar refractivity (Wildman–Crippen MR) is 103 cm³/mol. The van der Waals surface area contributed by atoms with Crippen molar-refractivity contribution in [2.75, 3.05) is 0 Å². The van der Waals surface area contributed by atoms with Gasteiger partial charge in [-0.25, -0.2) is 0 Å². The number of fused-ring (bicyclic) bond motifs is 1. The molecule has 1 amide bonds. The SMILES string of the molecule is Cc1nn(C)c(C)c1CC(=O)N[C@@H](CC(=O)O)c1ccc2ccccc2c1. The second kappa shape index (κ2) is 7.61. The van der Waals surface area contributed by atoms with Crippen LogP contribution in [0.15, 0.2) is 42.5 Å². The molecule has 27 heavy (non-hydrogen) atoms. The van der Waals surface area contributed by atoms with E-state index >= 15 is 0 Å². The van der Waals surface area contributed by atoms with Gasteiger partial charge in [0, 0.05) is 18.3 Å². The van der Waals surface area contributed by atoms with Gasteiger partial charge in [-0.15, -0.1) is 0 Å². The molecule has 1 atom stereocenters. The summed E-state index contributed by atoms with van der Waals surface area (Å²) in [5.74, 6) is -1.17. The van der Waals surface area contributed by atoms with Crippen LogP contribution in [0.3, 0.4) is 0 Å². The van der Waals surface area contributed by atoms with Crippen molar-refractivity contribution >= 4 is 22.6 Å². The largest absolute Gasteiger partial charge is 0.481 e. The maximum Gasteiger partial charge on any atom is 0.305 e. The van der Waals surface area contributed by atoms with Gasteiger partial charge in [0.1, 0.15) is 0 Å². The molecule has 2 aromatic carbocycles. The third-order valence-electron chi connectivity index (χ3n) is 4.89. The fourth-order valence-electron chi connectivity index (χ4n) is 3.33. The smallest absolute Gasteiger partial charge is 0.305 e. The summed E-state index contributed by atoms with van der Waals surface area (Å²) in [6.45, 7) is 3.79. The average molecular weight is 365 g/mol. The lowest BCUT2D eigenvalue weighted by Gasteiger charge is -2.18. The lowest BCUT2D eigenvalue weighted by Crippen LogP contribution is -2.31. The minimum atomic E-state index is -0.956. The van der Waals surface area contributed by atoms with Crippen LogP contribution >= 0.6 is 0 Å². The zero-order valence-electron chi connectivity index (χ0n) is 15.7. The molecule has 0 aliphatic heterocycles. The van der Waals surface area contributed by atoms with Gasteiger partial charge in [0.25, 0.3) is 0 Å². The first-order valence-electron chi connectivity index (χ1n) is 8.84. The molecular formula is C21H23N3O3. The normalized spacial score (nSPS) is 12.1. The second-order valence-electron chi connectivity index (χ2n) is 6.77. The Balaban J connectivity index is 1.83. The standard InChI is InChI=1S/C21H23N3O3/c1-13-18(14(2)24(3)23-13)11-20(25)22-19(12-21(26)27)17-9-8-15-6-4-5-7-16(15)10-17/h4-10,19H,11-12H2,1-3H3,(H,22,25)(H,26,27)/t19-/m0/s1. The molecule has 3 aromatic rings. The second-order valence-corrected chi connectivity index (χ2v) is 6.77. The lowest BCUT2D eigenvalue weighted by molar-refractivity contribution is -0.137. The number of nitrogens with one attached hydrogen (secondary N) is 1. The summed E-state index contributed by atoms with van der Waals surface area (Å²) in [6, 6.07) is 13.0. The van der Waals surface area contributed by atoms with E-state index < -0.39 is 12.0 Å². The summed E-state index contributed by atoms with van der Waals surface area (Å²) in [6.07, 6.45) is 0.00426. The van der Waals surface area contributed by atoms with Gasteiger partial charge in [-0.2, -0.15) is 5.10 Å². The molecule has 0 saturated heterocycles. The first-order valence-corrected chi connectivity index (χ1v) is 8.84. The van der Waals surface area contributed by atoms with E-state index in [1.54, 1.807) is 4.68 Å². The van der Waals surface area contributed by atoms with Gasteiger partial charge < -0.3 is 10.4 Å². The highest BCUT2D eigenvalue weighted by Crippen LogP contribution is 2.23. The molecule has 6 nitrogen and oxygen atoms in total. The molecule has 2 N–H and O–H groups in total. The Kier molecular flexibility index (Phi) is 5.26. The van der Waals surface area contributed by atoms with E-state index in [4.69, 9.17) is 0 Å². The van der Waals surface area contributed by atoms with E-state index in [9.17, 15) is 14.7 Å². The molecule has 0 fully saturated rings. The molecule has 0 aliphatic rings. The fourth-order valence-corrected chi connectivity index (χ4v) is 3.33. The third kappa shape index (κ3) is 4.16. The zero-order valence-corrected chi connectivity index (χ0v) is 15.7. The number of aryl methyl sites for hydroxylation is 2. The van der Waals surface area contributed by atoms with Crippen LogP contribution < -0.4 is 5.32 Å². The Morgan fingerprint density at radius 2 is 1.85 bits per heavy atom. The van der Waals surface area contributed by atoms with Crippen molar-refractivity contribution < 1.29 is 14.7 Å². The number of carboxylic acid groups (broad SMARTS) is 1. The Morgan fingerprint density at radius 3 is 2.48 bits per heavy atom. The third-order valence-corrected chi connectivity index (χ3v) is 4.89. The van der Waals surface area contributed by atoms with Gasteiger partial charge >= 0.3 is 5.97 Å². The number of benzene rings is 2. The maximum atomic E-state index is 12.6. The number of aliphatic carboxylic acids is 1. The molecular weight excluding hydrogens is 342 g/mol. The van der Waals surface area contributed by atoms with Crippen molar-refractivity contribution in [1.29, 1.82) is 0 Å². The highest BCUT2D eigenvalue weighted by Gasteiger charge is 2.20. The molecule has 1 aromatic heterocycles. The summed E-state index contributed by atoms with van der Waals surface area (Å²) < 4.78 is 1.75. The highest BCUT2D eigenvalue weighted by atomic mass is 16.4. The number of amides is 1. The van der Waals surface area contributed by atoms with E-state index in [0.717, 1.165) is 33.3 Å². The van der Waals surface area contributed by atoms with Crippen LogP contribution in [-0.2, 0) is 23.1 Å². The van der Waals surface area contributed by atoms with E-state index in [1.165, 1.54) is 0 Å². The molecule has 0 unspecified atom stereocenters. The van der Waals surface area contributed by atoms with Crippen molar-refractivity contribution in [1.82, 2.24) is 15.1 Å². The molecule has 0 saturated carbocycles. The van der Waals surface area contributed by atoms with Gasteiger partial charge in [-0.05, 0) is 36.2 Å². The summed E-state index contributed by atoms with van der Waals surface area (Å²) in [5, 5.41) is 18.6. The highest BCUT2D eigenvalue weighted by molar-refractivity contribution is 5.84. The summed E-state index contributed by atoms with van der Waals surface area (Å²) in [5.41, 5.74) is 3.40. The van der Waals surface area contributed by atoms with Crippen molar-refractivity contribution in [3.63, 3.8) is 0 Å². The van der Waals surface area contributed by atoms with Crippen LogP contribution in [-0.4, -0.2) is 26.8 Å². The predicted octanol–water partition coefficient (Wildman–Crippen LogP) is 3.06. The summed E-state index contributed by atoms with van der Waals surface area (Å²) in [7, 11) is 1.84. The zero-order chi connectivity index (χ0) is 19.6. The van der Waals surface area contributed by atoms with Gasteiger partial charge in [-0.1, -0.05) is 36.4 Å². The van der Waals surface area contributed by atoms with Crippen LogP contribution in [0.5, 0.6) is 0 Å². The van der Waals surface area contributed by atoms with Crippen molar-refractivity contribution in [3.8, 4) is 0 Å². The molecule has 0 spiro atoms. The topological polar surface area (TPSA) is 84.2 Å². The Hall–Kier alpha value is -3.15. The maximum absolute atomic E-state index is 12.6. The van der Waals surface area contributed by atoms with Crippen LogP contribution in [0, 0.1) is 13.8 Å². The average Bonchev–Trinajstić information content (AvgIpc) is 2.86. The molecule has 1 heterocycles. The van der Waals surface area contributed by atoms with E-state index in [-0.39, 0.29) is 18.7 Å². The molecule has 0 aliphatic carbocycles. The van der Waals surface area contributed by atoms with E-state index in [1.807, 2.05) is 63.4 Å². The van der Waals surface area contributed by atoms with Gasteiger partial charge in [0.15, 0.2) is 0 Å². The van der Waals surface area contributed by atoms with E-state index in [0.29, 0.717) is 0 Å². The van der Waals surface area contributed by atoms with E-state index in [2.05, 4.69) is 10.4 Å². The Labute approximate surface area is 157 Å². The van der Waals surface area contributed by atoms with Crippen LogP contribution in [0.1, 0.15) is 35.0 Å². The molecule has 3 rings (SSSR count). The van der Waals surface area contributed by atoms with Crippen LogP contribution in [0.25, 0.3) is 10.8 Å². The minimum absolute atomic E-state index is 0.172. The van der Waals surface area contributed by atoms with Crippen molar-refractivity contribution in [2.24, 2.45) is 7.05 Å². The molecule has 0 bridgehead atoms. The molecule has 140 valence electrons. The number of carboxylic acids is 1. The molecule has 6 heteroatoms. The quantitative estimate of drug-likeness (QED) is 0.703.